The molecule has 1 aliphatic heterocycles. The van der Waals surface area contributed by atoms with Crippen LogP contribution in [0.1, 0.15) is 39.6 Å². The van der Waals surface area contributed by atoms with Crippen molar-refractivity contribution in [2.24, 2.45) is 0 Å². The molecule has 0 bridgehead atoms. The lowest BCUT2D eigenvalue weighted by Crippen LogP contribution is -2.30. The van der Waals surface area contributed by atoms with Crippen molar-refractivity contribution in [1.29, 1.82) is 0 Å². The summed E-state index contributed by atoms with van der Waals surface area (Å²) in [6.45, 7) is 1.67. The van der Waals surface area contributed by atoms with Gasteiger partial charge in [-0.15, -0.1) is 22.7 Å². The van der Waals surface area contributed by atoms with Gasteiger partial charge in [0.15, 0.2) is 10.1 Å². The van der Waals surface area contributed by atoms with Gasteiger partial charge in [-0.3, -0.25) is 4.79 Å². The molecule has 3 heterocycles. The smallest absolute Gasteiger partial charge is 0.284 e. The zero-order chi connectivity index (χ0) is 20.7. The van der Waals surface area contributed by atoms with E-state index in [1.54, 1.807) is 17.5 Å². The number of anilines is 2. The van der Waals surface area contributed by atoms with Crippen LogP contribution in [0.5, 0.6) is 0 Å². The van der Waals surface area contributed by atoms with Crippen LogP contribution in [0, 0.1) is 11.6 Å². The van der Waals surface area contributed by atoms with E-state index >= 15 is 0 Å². The number of nitrogens with one attached hydrogen (secondary N) is 1. The Labute approximate surface area is 180 Å². The van der Waals surface area contributed by atoms with E-state index in [0.29, 0.717) is 0 Å². The van der Waals surface area contributed by atoms with E-state index in [2.05, 4.69) is 20.2 Å². The molecule has 5 nitrogen and oxygen atoms in total. The fourth-order valence-corrected chi connectivity index (χ4v) is 5.71. The molecule has 0 saturated carbocycles. The number of carbonyl (C=O) groups excluding carboxylic acids is 1. The van der Waals surface area contributed by atoms with Gasteiger partial charge in [-0.05, 0) is 43.4 Å². The third kappa shape index (κ3) is 3.52. The number of carbonyl (C=O) groups is 1. The van der Waals surface area contributed by atoms with Gasteiger partial charge in [0.1, 0.15) is 17.3 Å². The van der Waals surface area contributed by atoms with Gasteiger partial charge in [-0.2, -0.15) is 0 Å². The Kier molecular flexibility index (Phi) is 5.08. The summed E-state index contributed by atoms with van der Waals surface area (Å²) in [4.78, 5) is 24.9. The molecular formula is C21H18F2N4OS2. The lowest BCUT2D eigenvalue weighted by atomic mass is 9.97. The number of hydrogen-bond acceptors (Lipinski definition) is 6. The highest BCUT2D eigenvalue weighted by atomic mass is 32.1. The predicted molar refractivity (Wildman–Crippen MR) is 115 cm³/mol. The van der Waals surface area contributed by atoms with Crippen LogP contribution in [-0.2, 0) is 6.42 Å². The van der Waals surface area contributed by atoms with E-state index in [4.69, 9.17) is 0 Å². The van der Waals surface area contributed by atoms with Crippen LogP contribution in [0.2, 0.25) is 0 Å². The number of fused-ring (bicyclic) bond motifs is 2. The molecule has 0 spiro atoms. The summed E-state index contributed by atoms with van der Waals surface area (Å²) < 4.78 is 27.8. The molecule has 1 aliphatic carbocycles. The van der Waals surface area contributed by atoms with E-state index in [1.807, 2.05) is 5.38 Å². The highest BCUT2D eigenvalue weighted by molar-refractivity contribution is 7.15. The molecule has 0 radical (unpaired) electrons. The fraction of sp³-hybridized carbons (Fsp3) is 0.286. The minimum absolute atomic E-state index is 0.225. The maximum absolute atomic E-state index is 13.9. The van der Waals surface area contributed by atoms with Crippen LogP contribution < -0.4 is 10.2 Å². The first-order chi connectivity index (χ1) is 14.6. The molecule has 1 amide bonds. The van der Waals surface area contributed by atoms with E-state index in [9.17, 15) is 13.6 Å². The van der Waals surface area contributed by atoms with E-state index in [0.717, 1.165) is 66.6 Å². The first-order valence-corrected chi connectivity index (χ1v) is 11.4. The maximum Gasteiger partial charge on any atom is 0.284 e. The molecule has 30 heavy (non-hydrogen) atoms. The average molecular weight is 445 g/mol. The first-order valence-electron chi connectivity index (χ1n) is 9.71. The van der Waals surface area contributed by atoms with Crippen LogP contribution in [-0.4, -0.2) is 29.0 Å². The van der Waals surface area contributed by atoms with Crippen LogP contribution in [0.4, 0.5) is 19.6 Å². The van der Waals surface area contributed by atoms with Crippen molar-refractivity contribution < 1.29 is 13.6 Å². The third-order valence-electron chi connectivity index (χ3n) is 5.41. The summed E-state index contributed by atoms with van der Waals surface area (Å²) in [5.41, 5.74) is 3.08. The van der Waals surface area contributed by atoms with Gasteiger partial charge in [0, 0.05) is 24.7 Å². The van der Waals surface area contributed by atoms with E-state index < -0.39 is 23.2 Å². The molecule has 154 valence electrons. The molecule has 9 heteroatoms. The van der Waals surface area contributed by atoms with Gasteiger partial charge in [0.25, 0.3) is 5.91 Å². The highest BCUT2D eigenvalue weighted by Gasteiger charge is 2.29. The lowest BCUT2D eigenvalue weighted by molar-refractivity contribution is 0.102. The van der Waals surface area contributed by atoms with Crippen molar-refractivity contribution in [3.63, 3.8) is 0 Å². The number of aromatic nitrogens is 2. The summed E-state index contributed by atoms with van der Waals surface area (Å²) in [7, 11) is 0. The number of thiazole rings is 2. The number of benzene rings is 1. The third-order valence-corrected chi connectivity index (χ3v) is 7.40. The summed E-state index contributed by atoms with van der Waals surface area (Å²) >= 11 is 2.92. The topological polar surface area (TPSA) is 58.1 Å². The minimum atomic E-state index is -0.808. The summed E-state index contributed by atoms with van der Waals surface area (Å²) in [5, 5.41) is 5.53. The fourth-order valence-electron chi connectivity index (χ4n) is 3.95. The monoisotopic (exact) mass is 444 g/mol. The predicted octanol–water partition coefficient (Wildman–Crippen LogP) is 5.13. The SMILES string of the molecule is O=C(Nc1c(F)cccc1F)c1nc2c(s1)C1=C(CCC2)CCN(c2nccs2)C1. The summed E-state index contributed by atoms with van der Waals surface area (Å²) in [6, 6.07) is 3.49. The van der Waals surface area contributed by atoms with Crippen molar-refractivity contribution in [3.05, 3.63) is 62.6 Å². The molecule has 0 unspecified atom stereocenters. The van der Waals surface area contributed by atoms with Crippen molar-refractivity contribution in [2.75, 3.05) is 23.3 Å². The standard InChI is InChI=1S/C21H18F2N4OS2/c22-14-4-2-5-15(23)17(14)26-19(28)20-25-16-6-1-3-12-7-9-27(21-24-8-10-29-21)11-13(12)18(16)30-20/h2,4-5,8,10H,1,3,6-7,9,11H2,(H,26,28). The Hall–Kier alpha value is -2.65. The molecule has 1 aromatic carbocycles. The molecule has 5 rings (SSSR count). The van der Waals surface area contributed by atoms with Gasteiger partial charge in [-0.25, -0.2) is 18.7 Å². The first kappa shape index (κ1) is 19.3. The second-order valence-corrected chi connectivity index (χ2v) is 9.14. The number of rotatable bonds is 3. The number of amides is 1. The highest BCUT2D eigenvalue weighted by Crippen LogP contribution is 2.39. The molecule has 0 fully saturated rings. The number of para-hydroxylation sites is 1. The summed E-state index contributed by atoms with van der Waals surface area (Å²) in [6.07, 6.45) is 5.58. The Morgan fingerprint density at radius 1 is 1.17 bits per heavy atom. The van der Waals surface area contributed by atoms with Crippen LogP contribution in [0.25, 0.3) is 5.57 Å². The molecule has 0 saturated heterocycles. The van der Waals surface area contributed by atoms with Crippen molar-refractivity contribution in [2.45, 2.75) is 25.7 Å². The van der Waals surface area contributed by atoms with E-state index in [1.165, 1.54) is 28.5 Å². The van der Waals surface area contributed by atoms with Gasteiger partial charge < -0.3 is 10.2 Å². The Balaban J connectivity index is 1.45. The van der Waals surface area contributed by atoms with Gasteiger partial charge in [0.2, 0.25) is 0 Å². The number of nitrogens with zero attached hydrogens (tertiary/aromatic N) is 3. The average Bonchev–Trinajstić information content (AvgIpc) is 3.39. The molecule has 3 aromatic rings. The van der Waals surface area contributed by atoms with Crippen molar-refractivity contribution in [1.82, 2.24) is 9.97 Å². The van der Waals surface area contributed by atoms with Crippen LogP contribution in [0.15, 0.2) is 35.3 Å². The number of aryl methyl sites for hydroxylation is 1. The van der Waals surface area contributed by atoms with Crippen molar-refractivity contribution >= 4 is 45.0 Å². The minimum Gasteiger partial charge on any atom is -0.343 e. The van der Waals surface area contributed by atoms with Crippen LogP contribution in [0.3, 0.4) is 0 Å². The van der Waals surface area contributed by atoms with Crippen LogP contribution >= 0.6 is 22.7 Å². The number of halogens is 2. The molecule has 2 aromatic heterocycles. The van der Waals surface area contributed by atoms with Gasteiger partial charge >= 0.3 is 0 Å². The van der Waals surface area contributed by atoms with E-state index in [-0.39, 0.29) is 5.01 Å². The second kappa shape index (κ2) is 7.88. The van der Waals surface area contributed by atoms with Gasteiger partial charge in [-0.1, -0.05) is 11.6 Å². The quantitative estimate of drug-likeness (QED) is 0.608. The molecule has 2 aliphatic rings. The largest absolute Gasteiger partial charge is 0.343 e. The lowest BCUT2D eigenvalue weighted by Gasteiger charge is -2.30. The molecule has 1 N–H and O–H groups in total. The Morgan fingerprint density at radius 2 is 2.00 bits per heavy atom. The van der Waals surface area contributed by atoms with Gasteiger partial charge in [0.05, 0.1) is 10.6 Å². The second-order valence-electron chi connectivity index (χ2n) is 7.27. The zero-order valence-corrected chi connectivity index (χ0v) is 17.6. The van der Waals surface area contributed by atoms with Crippen molar-refractivity contribution in [3.8, 4) is 0 Å². The molecular weight excluding hydrogens is 426 g/mol. The summed E-state index contributed by atoms with van der Waals surface area (Å²) in [5.74, 6) is -2.21. The zero-order valence-electron chi connectivity index (χ0n) is 16.0. The normalized spacial score (nSPS) is 16.1. The Morgan fingerprint density at radius 3 is 2.77 bits per heavy atom. The maximum atomic E-state index is 13.9. The number of hydrogen-bond donors (Lipinski definition) is 1. The molecule has 0 atom stereocenters. The Bertz CT molecular complexity index is 1120.